The molecular formula is C12H14O2. The van der Waals surface area contributed by atoms with Crippen molar-refractivity contribution in [2.24, 2.45) is 0 Å². The van der Waals surface area contributed by atoms with Crippen LogP contribution >= 0.6 is 0 Å². The highest BCUT2D eigenvalue weighted by molar-refractivity contribution is 5.48. The van der Waals surface area contributed by atoms with Crippen molar-refractivity contribution in [3.8, 4) is 0 Å². The third-order valence-electron chi connectivity index (χ3n) is 2.39. The summed E-state index contributed by atoms with van der Waals surface area (Å²) in [5, 5.41) is 9.25. The topological polar surface area (TPSA) is 29.5 Å². The van der Waals surface area contributed by atoms with Gasteiger partial charge in [0.1, 0.15) is 6.10 Å². The van der Waals surface area contributed by atoms with Crippen LogP contribution in [-0.2, 0) is 4.74 Å². The normalized spacial score (nSPS) is 26.4. The first kappa shape index (κ1) is 9.44. The minimum Gasteiger partial charge on any atom is -0.388 e. The summed E-state index contributed by atoms with van der Waals surface area (Å²) in [6.45, 7) is 0.490. The molecule has 14 heavy (non-hydrogen) atoms. The lowest BCUT2D eigenvalue weighted by Crippen LogP contribution is -2.44. The largest absolute Gasteiger partial charge is 0.388 e. The molecule has 0 amide bonds. The molecule has 0 aliphatic carbocycles. The van der Waals surface area contributed by atoms with Crippen LogP contribution in [0.3, 0.4) is 0 Å². The average Bonchev–Trinajstić information content (AvgIpc) is 2.24. The van der Waals surface area contributed by atoms with Crippen molar-refractivity contribution in [1.82, 2.24) is 0 Å². The Balaban J connectivity index is 1.83. The van der Waals surface area contributed by atoms with E-state index in [1.54, 1.807) is 0 Å². The van der Waals surface area contributed by atoms with E-state index >= 15 is 0 Å². The Morgan fingerprint density at radius 1 is 1.36 bits per heavy atom. The maximum absolute atomic E-state index is 9.25. The summed E-state index contributed by atoms with van der Waals surface area (Å²) in [4.78, 5) is 0. The Morgan fingerprint density at radius 2 is 2.14 bits per heavy atom. The van der Waals surface area contributed by atoms with E-state index in [0.29, 0.717) is 6.61 Å². The maximum atomic E-state index is 9.25. The molecule has 0 radical (unpaired) electrons. The molecule has 2 heteroatoms. The molecule has 1 aliphatic heterocycles. The Hall–Kier alpha value is -1.12. The maximum Gasteiger partial charge on any atom is 0.104 e. The van der Waals surface area contributed by atoms with Crippen molar-refractivity contribution >= 4 is 6.08 Å². The molecule has 1 aromatic carbocycles. The molecule has 0 aromatic heterocycles. The van der Waals surface area contributed by atoms with Crippen molar-refractivity contribution in [1.29, 1.82) is 0 Å². The van der Waals surface area contributed by atoms with E-state index in [0.717, 1.165) is 6.42 Å². The molecule has 1 aromatic rings. The second-order valence-corrected chi connectivity index (χ2v) is 3.49. The molecule has 2 rings (SSSR count). The standard InChI is InChI=1S/C12H14O2/c13-11-9-14-12(11)8-4-7-10-5-2-1-3-6-10/h1-7,11-13H,8-9H2/b7-4+/t11?,12-/m0/s1. The van der Waals surface area contributed by atoms with Gasteiger partial charge in [0.2, 0.25) is 0 Å². The fourth-order valence-electron chi connectivity index (χ4n) is 1.45. The fourth-order valence-corrected chi connectivity index (χ4v) is 1.45. The quantitative estimate of drug-likeness (QED) is 0.788. The molecular weight excluding hydrogens is 176 g/mol. The van der Waals surface area contributed by atoms with E-state index in [4.69, 9.17) is 4.74 Å². The average molecular weight is 190 g/mol. The zero-order valence-corrected chi connectivity index (χ0v) is 7.97. The molecule has 0 saturated carbocycles. The van der Waals surface area contributed by atoms with Gasteiger partial charge in [-0.1, -0.05) is 42.5 Å². The highest BCUT2D eigenvalue weighted by Crippen LogP contribution is 2.16. The van der Waals surface area contributed by atoms with E-state index in [1.807, 2.05) is 24.3 Å². The van der Waals surface area contributed by atoms with Crippen LogP contribution in [0.4, 0.5) is 0 Å². The van der Waals surface area contributed by atoms with Gasteiger partial charge in [-0.05, 0) is 12.0 Å². The summed E-state index contributed by atoms with van der Waals surface area (Å²) in [6.07, 6.45) is 4.62. The highest BCUT2D eigenvalue weighted by Gasteiger charge is 2.28. The SMILES string of the molecule is OC1CO[C@H]1C/C=C/c1ccccc1. The molecule has 74 valence electrons. The molecule has 1 heterocycles. The fraction of sp³-hybridized carbons (Fsp3) is 0.333. The van der Waals surface area contributed by atoms with Crippen LogP contribution in [0.25, 0.3) is 6.08 Å². The van der Waals surface area contributed by atoms with Crippen LogP contribution in [0.1, 0.15) is 12.0 Å². The third kappa shape index (κ3) is 2.22. The first-order valence-electron chi connectivity index (χ1n) is 4.87. The van der Waals surface area contributed by atoms with E-state index in [-0.39, 0.29) is 12.2 Å². The number of hydrogen-bond acceptors (Lipinski definition) is 2. The lowest BCUT2D eigenvalue weighted by molar-refractivity contribution is -0.159. The summed E-state index contributed by atoms with van der Waals surface area (Å²) < 4.78 is 5.18. The van der Waals surface area contributed by atoms with Crippen molar-refractivity contribution in [2.75, 3.05) is 6.61 Å². The highest BCUT2D eigenvalue weighted by atomic mass is 16.5. The lowest BCUT2D eigenvalue weighted by Gasteiger charge is -2.31. The molecule has 1 N–H and O–H groups in total. The zero-order valence-electron chi connectivity index (χ0n) is 7.97. The van der Waals surface area contributed by atoms with E-state index in [9.17, 15) is 5.11 Å². The molecule has 2 nitrogen and oxygen atoms in total. The summed E-state index contributed by atoms with van der Waals surface area (Å²) in [7, 11) is 0. The summed E-state index contributed by atoms with van der Waals surface area (Å²) >= 11 is 0. The van der Waals surface area contributed by atoms with Crippen molar-refractivity contribution in [3.05, 3.63) is 42.0 Å². The van der Waals surface area contributed by atoms with Gasteiger partial charge in [0.15, 0.2) is 0 Å². The van der Waals surface area contributed by atoms with E-state index in [1.165, 1.54) is 5.56 Å². The van der Waals surface area contributed by atoms with Crippen molar-refractivity contribution in [3.63, 3.8) is 0 Å². The van der Waals surface area contributed by atoms with Gasteiger partial charge in [0.05, 0.1) is 12.7 Å². The second kappa shape index (κ2) is 4.40. The molecule has 1 fully saturated rings. The number of benzene rings is 1. The zero-order chi connectivity index (χ0) is 9.80. The molecule has 1 unspecified atom stereocenters. The number of rotatable bonds is 3. The molecule has 1 aliphatic rings. The number of aliphatic hydroxyl groups is 1. The predicted octanol–water partition coefficient (Wildman–Crippen LogP) is 1.85. The van der Waals surface area contributed by atoms with Gasteiger partial charge in [0, 0.05) is 0 Å². The van der Waals surface area contributed by atoms with Crippen LogP contribution < -0.4 is 0 Å². The van der Waals surface area contributed by atoms with Crippen LogP contribution in [0.2, 0.25) is 0 Å². The minimum atomic E-state index is -0.268. The first-order chi connectivity index (χ1) is 6.86. The van der Waals surface area contributed by atoms with Gasteiger partial charge in [0.25, 0.3) is 0 Å². The Kier molecular flexibility index (Phi) is 2.96. The Labute approximate surface area is 83.8 Å². The van der Waals surface area contributed by atoms with Crippen molar-refractivity contribution < 1.29 is 9.84 Å². The minimum absolute atomic E-state index is 0.00922. The van der Waals surface area contributed by atoms with Crippen LogP contribution in [0, 0.1) is 0 Å². The van der Waals surface area contributed by atoms with Gasteiger partial charge in [-0.3, -0.25) is 0 Å². The van der Waals surface area contributed by atoms with Crippen LogP contribution in [0.15, 0.2) is 36.4 Å². The first-order valence-corrected chi connectivity index (χ1v) is 4.87. The third-order valence-corrected chi connectivity index (χ3v) is 2.39. The van der Waals surface area contributed by atoms with Gasteiger partial charge < -0.3 is 9.84 Å². The van der Waals surface area contributed by atoms with Crippen LogP contribution in [-0.4, -0.2) is 23.9 Å². The summed E-state index contributed by atoms with van der Waals surface area (Å²) in [5.74, 6) is 0. The molecule has 0 bridgehead atoms. The number of ether oxygens (including phenoxy) is 1. The smallest absolute Gasteiger partial charge is 0.104 e. The molecule has 0 spiro atoms. The lowest BCUT2D eigenvalue weighted by atomic mass is 10.1. The van der Waals surface area contributed by atoms with Gasteiger partial charge >= 0.3 is 0 Å². The van der Waals surface area contributed by atoms with Gasteiger partial charge in [-0.2, -0.15) is 0 Å². The Morgan fingerprint density at radius 3 is 2.71 bits per heavy atom. The van der Waals surface area contributed by atoms with Crippen molar-refractivity contribution in [2.45, 2.75) is 18.6 Å². The molecule has 1 saturated heterocycles. The predicted molar refractivity (Wildman–Crippen MR) is 55.8 cm³/mol. The monoisotopic (exact) mass is 190 g/mol. The van der Waals surface area contributed by atoms with Gasteiger partial charge in [-0.25, -0.2) is 0 Å². The number of aliphatic hydroxyl groups excluding tert-OH is 1. The van der Waals surface area contributed by atoms with Gasteiger partial charge in [-0.15, -0.1) is 0 Å². The second-order valence-electron chi connectivity index (χ2n) is 3.49. The summed E-state index contributed by atoms with van der Waals surface area (Å²) in [5.41, 5.74) is 1.18. The summed E-state index contributed by atoms with van der Waals surface area (Å²) in [6, 6.07) is 10.1. The Bertz CT molecular complexity index is 305. The van der Waals surface area contributed by atoms with E-state index < -0.39 is 0 Å². The number of hydrogen-bond donors (Lipinski definition) is 1. The molecule has 2 atom stereocenters. The van der Waals surface area contributed by atoms with Crippen LogP contribution in [0.5, 0.6) is 0 Å². The van der Waals surface area contributed by atoms with E-state index in [2.05, 4.69) is 18.2 Å².